The van der Waals surface area contributed by atoms with Gasteiger partial charge in [-0.1, -0.05) is 24.3 Å². The topological polar surface area (TPSA) is 83.1 Å². The number of ether oxygens (including phenoxy) is 4. The Morgan fingerprint density at radius 1 is 0.977 bits per heavy atom. The fraction of sp³-hybridized carbons (Fsp3) is 0.394. The molecular weight excluding hydrogens is 563 g/mol. The zero-order valence-corrected chi connectivity index (χ0v) is 23.7. The molecule has 3 aliphatic rings. The molecule has 1 unspecified atom stereocenters. The smallest absolute Gasteiger partial charge is 0.417 e. The normalized spacial score (nSPS) is 19.7. The molecule has 0 aromatic heterocycles. The third kappa shape index (κ3) is 6.06. The second-order valence-corrected chi connectivity index (χ2v) is 11.1. The molecule has 3 aromatic carbocycles. The second-order valence-electron chi connectivity index (χ2n) is 11.1. The Morgan fingerprint density at radius 3 is 2.44 bits per heavy atom. The maximum atomic E-state index is 14.2. The van der Waals surface area contributed by atoms with Gasteiger partial charge in [0.1, 0.15) is 17.6 Å². The molecule has 2 heterocycles. The van der Waals surface area contributed by atoms with E-state index in [0.29, 0.717) is 66.4 Å². The fourth-order valence-corrected chi connectivity index (χ4v) is 6.20. The van der Waals surface area contributed by atoms with Gasteiger partial charge in [0.05, 0.1) is 25.7 Å². The number of methoxy groups -OCH3 is 1. The zero-order valence-electron chi connectivity index (χ0n) is 23.7. The summed E-state index contributed by atoms with van der Waals surface area (Å²) in [7, 11) is 1.35. The third-order valence-electron chi connectivity index (χ3n) is 8.43. The van der Waals surface area contributed by atoms with E-state index in [1.54, 1.807) is 36.4 Å². The Kier molecular flexibility index (Phi) is 8.05. The summed E-state index contributed by atoms with van der Waals surface area (Å²) in [4.78, 5) is 24.5. The Hall–Kier alpha value is -4.05. The number of hydrogen-bond donors (Lipinski definition) is 1. The highest BCUT2D eigenvalue weighted by molar-refractivity contribution is 5.95. The van der Waals surface area contributed by atoms with Crippen LogP contribution < -0.4 is 14.8 Å². The molecule has 0 spiro atoms. The fourth-order valence-electron chi connectivity index (χ4n) is 6.20. The molecular formula is C33H32F3NO6. The third-order valence-corrected chi connectivity index (χ3v) is 8.43. The van der Waals surface area contributed by atoms with Crippen LogP contribution in [0.15, 0.2) is 54.6 Å². The average molecular weight is 596 g/mol. The van der Waals surface area contributed by atoms with Gasteiger partial charge < -0.3 is 24.3 Å². The molecule has 0 radical (unpaired) electrons. The van der Waals surface area contributed by atoms with Crippen LogP contribution >= 0.6 is 0 Å². The maximum Gasteiger partial charge on any atom is 0.417 e. The molecule has 1 fully saturated rings. The molecule has 43 heavy (non-hydrogen) atoms. The largest absolute Gasteiger partial charge is 0.492 e. The van der Waals surface area contributed by atoms with Gasteiger partial charge in [0.25, 0.3) is 5.91 Å². The number of rotatable bonds is 7. The van der Waals surface area contributed by atoms with Crippen LogP contribution in [0.25, 0.3) is 11.1 Å². The van der Waals surface area contributed by atoms with Crippen molar-refractivity contribution in [1.29, 1.82) is 0 Å². The summed E-state index contributed by atoms with van der Waals surface area (Å²) in [5.41, 5.74) is 2.39. The van der Waals surface area contributed by atoms with Gasteiger partial charge in [0.15, 0.2) is 0 Å². The highest BCUT2D eigenvalue weighted by Crippen LogP contribution is 2.47. The highest BCUT2D eigenvalue weighted by atomic mass is 19.4. The minimum atomic E-state index is -4.56. The van der Waals surface area contributed by atoms with Crippen molar-refractivity contribution < 1.29 is 41.7 Å². The molecule has 0 bridgehead atoms. The SMILES string of the molecule is COC(=O)CC1COc2cc(O[C@@H]3CCc4c3ccc(C(F)(F)F)c4-c3ccc(C(=O)NC4CCOCC4)cc3)ccc21. The predicted octanol–water partition coefficient (Wildman–Crippen LogP) is 6.39. The predicted molar refractivity (Wildman–Crippen MR) is 151 cm³/mol. The van der Waals surface area contributed by atoms with E-state index >= 15 is 0 Å². The molecule has 0 saturated carbocycles. The van der Waals surface area contributed by atoms with Crippen LogP contribution in [0.1, 0.15) is 70.3 Å². The van der Waals surface area contributed by atoms with Crippen LogP contribution in [-0.4, -0.2) is 44.8 Å². The van der Waals surface area contributed by atoms with Gasteiger partial charge in [-0.2, -0.15) is 13.2 Å². The zero-order chi connectivity index (χ0) is 30.1. The van der Waals surface area contributed by atoms with Crippen LogP contribution in [-0.2, 0) is 26.9 Å². The minimum absolute atomic E-state index is 0.0191. The van der Waals surface area contributed by atoms with Crippen molar-refractivity contribution in [1.82, 2.24) is 5.32 Å². The molecule has 1 N–H and O–H groups in total. The molecule has 2 aliphatic heterocycles. The molecule has 2 atom stereocenters. The van der Waals surface area contributed by atoms with E-state index in [-0.39, 0.29) is 35.8 Å². The molecule has 226 valence electrons. The van der Waals surface area contributed by atoms with Crippen LogP contribution in [0.4, 0.5) is 13.2 Å². The molecule has 6 rings (SSSR count). The summed E-state index contributed by atoms with van der Waals surface area (Å²) < 4.78 is 64.9. The number of fused-ring (bicyclic) bond motifs is 2. The van der Waals surface area contributed by atoms with Crippen molar-refractivity contribution >= 4 is 11.9 Å². The van der Waals surface area contributed by atoms with Crippen molar-refractivity contribution in [3.63, 3.8) is 0 Å². The number of benzene rings is 3. The molecule has 1 aliphatic carbocycles. The van der Waals surface area contributed by atoms with Crippen LogP contribution in [0.2, 0.25) is 0 Å². The number of alkyl halides is 3. The number of halogens is 3. The quantitative estimate of drug-likeness (QED) is 0.319. The van der Waals surface area contributed by atoms with E-state index in [9.17, 15) is 22.8 Å². The summed E-state index contributed by atoms with van der Waals surface area (Å²) in [5, 5.41) is 2.98. The van der Waals surface area contributed by atoms with E-state index in [0.717, 1.165) is 24.5 Å². The maximum absolute atomic E-state index is 14.2. The van der Waals surface area contributed by atoms with Crippen molar-refractivity contribution in [3.05, 3.63) is 82.4 Å². The van der Waals surface area contributed by atoms with Gasteiger partial charge in [-0.3, -0.25) is 9.59 Å². The van der Waals surface area contributed by atoms with Gasteiger partial charge >= 0.3 is 12.1 Å². The van der Waals surface area contributed by atoms with Crippen LogP contribution in [0, 0.1) is 0 Å². The summed E-state index contributed by atoms with van der Waals surface area (Å²) in [6.45, 7) is 1.54. The van der Waals surface area contributed by atoms with Crippen LogP contribution in [0.3, 0.4) is 0 Å². The molecule has 7 nitrogen and oxygen atoms in total. The monoisotopic (exact) mass is 595 g/mol. The molecule has 1 amide bonds. The van der Waals surface area contributed by atoms with Crippen molar-refractivity contribution in [3.8, 4) is 22.6 Å². The van der Waals surface area contributed by atoms with Gasteiger partial charge in [0, 0.05) is 42.4 Å². The first-order chi connectivity index (χ1) is 20.7. The van der Waals surface area contributed by atoms with Gasteiger partial charge in [-0.05, 0) is 72.2 Å². The molecule has 1 saturated heterocycles. The Labute approximate surface area is 247 Å². The average Bonchev–Trinajstić information content (AvgIpc) is 3.60. The Morgan fingerprint density at radius 2 is 1.72 bits per heavy atom. The van der Waals surface area contributed by atoms with E-state index in [1.165, 1.54) is 13.2 Å². The van der Waals surface area contributed by atoms with Crippen molar-refractivity contribution in [2.24, 2.45) is 0 Å². The van der Waals surface area contributed by atoms with E-state index in [1.807, 2.05) is 6.07 Å². The minimum Gasteiger partial charge on any atom is -0.492 e. The highest BCUT2D eigenvalue weighted by Gasteiger charge is 2.38. The first kappa shape index (κ1) is 29.0. The van der Waals surface area contributed by atoms with E-state index < -0.39 is 17.8 Å². The summed E-state index contributed by atoms with van der Waals surface area (Å²) in [6, 6.07) is 14.4. The van der Waals surface area contributed by atoms with Gasteiger partial charge in [0.2, 0.25) is 0 Å². The lowest BCUT2D eigenvalue weighted by Crippen LogP contribution is -2.38. The number of nitrogens with one attached hydrogen (secondary N) is 1. The standard InChI is InChI=1S/C33H32F3NO6/c1-40-30(38)16-21-18-42-29-17-23(6-7-24(21)29)43-28-11-9-26-25(28)8-10-27(33(34,35)36)31(26)19-2-4-20(5-3-19)32(39)37-22-12-14-41-15-13-22/h2-8,10,17,21-22,28H,9,11-16,18H2,1H3,(H,37,39)/t21?,28-/m1/s1. The molecule has 10 heteroatoms. The van der Waals surface area contributed by atoms with Crippen molar-refractivity contribution in [2.45, 2.75) is 56.3 Å². The van der Waals surface area contributed by atoms with Gasteiger partial charge in [-0.15, -0.1) is 0 Å². The lowest BCUT2D eigenvalue weighted by atomic mass is 9.91. The number of carbonyl (C=O) groups excluding carboxylic acids is 2. The number of hydrogen-bond acceptors (Lipinski definition) is 6. The van der Waals surface area contributed by atoms with E-state index in [2.05, 4.69) is 5.32 Å². The molecule has 3 aromatic rings. The Balaban J connectivity index is 1.24. The summed E-state index contributed by atoms with van der Waals surface area (Å²) in [6.07, 6.45) is -2.40. The lowest BCUT2D eigenvalue weighted by Gasteiger charge is -2.23. The van der Waals surface area contributed by atoms with Crippen LogP contribution in [0.5, 0.6) is 11.5 Å². The Bertz CT molecular complexity index is 1510. The van der Waals surface area contributed by atoms with Gasteiger partial charge in [-0.25, -0.2) is 0 Å². The lowest BCUT2D eigenvalue weighted by molar-refractivity contribution is -0.141. The van der Waals surface area contributed by atoms with E-state index in [4.69, 9.17) is 18.9 Å². The first-order valence-electron chi connectivity index (χ1n) is 14.4. The second kappa shape index (κ2) is 11.9. The summed E-state index contributed by atoms with van der Waals surface area (Å²) in [5.74, 6) is 0.490. The number of carbonyl (C=O) groups is 2. The number of esters is 1. The number of amides is 1. The van der Waals surface area contributed by atoms with Crippen molar-refractivity contribution in [2.75, 3.05) is 26.9 Å². The first-order valence-corrected chi connectivity index (χ1v) is 14.4. The summed E-state index contributed by atoms with van der Waals surface area (Å²) >= 11 is 0.